The predicted octanol–water partition coefficient (Wildman–Crippen LogP) is 2.46. The predicted molar refractivity (Wildman–Crippen MR) is 74.0 cm³/mol. The molecule has 1 N–H and O–H groups in total. The van der Waals surface area contributed by atoms with Crippen LogP contribution >= 0.6 is 0 Å². The Morgan fingerprint density at radius 1 is 1.28 bits per heavy atom. The average Bonchev–Trinajstić information content (AvgIpc) is 2.69. The quantitative estimate of drug-likeness (QED) is 0.834. The normalized spacial score (nSPS) is 20.5. The molecule has 2 aromatic rings. The van der Waals surface area contributed by atoms with Crippen LogP contribution in [0.25, 0.3) is 10.9 Å². The lowest BCUT2D eigenvalue weighted by Gasteiger charge is -2.23. The first kappa shape index (κ1) is 11.8. The molecule has 1 aromatic carbocycles. The number of morpholine rings is 1. The van der Waals surface area contributed by atoms with Gasteiger partial charge in [-0.25, -0.2) is 0 Å². The molecule has 1 unspecified atom stereocenters. The van der Waals surface area contributed by atoms with Crippen LogP contribution in [0.3, 0.4) is 0 Å². The highest BCUT2D eigenvalue weighted by molar-refractivity contribution is 5.86. The molecule has 3 rings (SSSR count). The van der Waals surface area contributed by atoms with Crippen LogP contribution < -0.4 is 5.32 Å². The van der Waals surface area contributed by atoms with Crippen molar-refractivity contribution in [1.82, 2.24) is 9.88 Å². The van der Waals surface area contributed by atoms with Gasteiger partial charge in [0.05, 0.1) is 12.7 Å². The second kappa shape index (κ2) is 4.41. The molecule has 18 heavy (non-hydrogen) atoms. The third-order valence-electron chi connectivity index (χ3n) is 3.91. The molecule has 1 saturated heterocycles. The molecular formula is C15H20N2O. The van der Waals surface area contributed by atoms with Crippen LogP contribution in [-0.2, 0) is 11.8 Å². The van der Waals surface area contributed by atoms with Crippen LogP contribution in [0.5, 0.6) is 0 Å². The van der Waals surface area contributed by atoms with E-state index in [4.69, 9.17) is 4.74 Å². The van der Waals surface area contributed by atoms with Crippen molar-refractivity contribution < 1.29 is 4.74 Å². The summed E-state index contributed by atoms with van der Waals surface area (Å²) in [6.07, 6.45) is 2.39. The molecule has 3 heteroatoms. The molecule has 0 spiro atoms. The van der Waals surface area contributed by atoms with Crippen molar-refractivity contribution in [2.24, 2.45) is 7.05 Å². The number of hydrogen-bond acceptors (Lipinski definition) is 2. The molecular weight excluding hydrogens is 224 g/mol. The summed E-state index contributed by atoms with van der Waals surface area (Å²) in [5, 5.41) is 4.73. The first-order chi connectivity index (χ1) is 8.66. The van der Waals surface area contributed by atoms with Gasteiger partial charge in [-0.15, -0.1) is 0 Å². The minimum absolute atomic E-state index is 0.185. The number of ether oxygens (including phenoxy) is 1. The van der Waals surface area contributed by atoms with Crippen LogP contribution in [-0.4, -0.2) is 24.3 Å². The highest BCUT2D eigenvalue weighted by atomic mass is 16.5. The molecule has 1 atom stereocenters. The van der Waals surface area contributed by atoms with E-state index in [1.54, 1.807) is 0 Å². The Kier molecular flexibility index (Phi) is 2.88. The summed E-state index contributed by atoms with van der Waals surface area (Å²) in [5.74, 6) is 0. The summed E-state index contributed by atoms with van der Waals surface area (Å²) in [6.45, 7) is 7.00. The topological polar surface area (TPSA) is 26.2 Å². The molecule has 0 saturated carbocycles. The summed E-state index contributed by atoms with van der Waals surface area (Å²) in [7, 11) is 2.11. The van der Waals surface area contributed by atoms with Gasteiger partial charge in [0.1, 0.15) is 0 Å². The number of benzene rings is 1. The van der Waals surface area contributed by atoms with Gasteiger partial charge in [-0.2, -0.15) is 0 Å². The van der Waals surface area contributed by atoms with E-state index in [2.05, 4.69) is 49.1 Å². The molecule has 0 amide bonds. The van der Waals surface area contributed by atoms with E-state index in [0.29, 0.717) is 0 Å². The van der Waals surface area contributed by atoms with Crippen LogP contribution in [0.2, 0.25) is 0 Å². The fourth-order valence-corrected chi connectivity index (χ4v) is 2.69. The fourth-order valence-electron chi connectivity index (χ4n) is 2.69. The van der Waals surface area contributed by atoms with Gasteiger partial charge >= 0.3 is 0 Å². The second-order valence-electron chi connectivity index (χ2n) is 5.21. The van der Waals surface area contributed by atoms with Gasteiger partial charge in [-0.05, 0) is 37.1 Å². The van der Waals surface area contributed by atoms with E-state index in [9.17, 15) is 0 Å². The maximum atomic E-state index is 5.88. The fraction of sp³-hybridized carbons (Fsp3) is 0.467. The minimum atomic E-state index is 0.185. The van der Waals surface area contributed by atoms with Crippen molar-refractivity contribution >= 4 is 10.9 Å². The average molecular weight is 244 g/mol. The lowest BCUT2D eigenvalue weighted by atomic mass is 10.0. The molecule has 96 valence electrons. The van der Waals surface area contributed by atoms with Gasteiger partial charge in [0.15, 0.2) is 0 Å². The highest BCUT2D eigenvalue weighted by Gasteiger charge is 2.20. The van der Waals surface area contributed by atoms with Crippen molar-refractivity contribution in [2.45, 2.75) is 20.0 Å². The van der Waals surface area contributed by atoms with Gasteiger partial charge in [-0.1, -0.05) is 0 Å². The zero-order chi connectivity index (χ0) is 12.7. The number of hydrogen-bond donors (Lipinski definition) is 1. The second-order valence-corrected chi connectivity index (χ2v) is 5.21. The Bertz CT molecular complexity index is 580. The molecule has 1 aliphatic heterocycles. The minimum Gasteiger partial charge on any atom is -0.371 e. The summed E-state index contributed by atoms with van der Waals surface area (Å²) < 4.78 is 8.08. The number of aryl methyl sites for hydroxylation is 3. The van der Waals surface area contributed by atoms with Crippen LogP contribution in [0.1, 0.15) is 22.8 Å². The first-order valence-corrected chi connectivity index (χ1v) is 6.55. The lowest BCUT2D eigenvalue weighted by molar-refractivity contribution is 0.0285. The van der Waals surface area contributed by atoms with Gasteiger partial charge in [-0.3, -0.25) is 0 Å². The van der Waals surface area contributed by atoms with Gasteiger partial charge in [0.25, 0.3) is 0 Å². The van der Waals surface area contributed by atoms with Crippen LogP contribution in [0.15, 0.2) is 18.3 Å². The number of aromatic nitrogens is 1. The first-order valence-electron chi connectivity index (χ1n) is 6.55. The van der Waals surface area contributed by atoms with Gasteiger partial charge in [0.2, 0.25) is 0 Å². The standard InChI is InChI=1S/C15H20N2O/c1-10-6-12-13(15-8-16-4-5-18-15)9-17(3)14(12)7-11(10)2/h6-7,9,15-16H,4-5,8H2,1-3H3. The Labute approximate surface area is 108 Å². The van der Waals surface area contributed by atoms with Gasteiger partial charge < -0.3 is 14.6 Å². The third-order valence-corrected chi connectivity index (χ3v) is 3.91. The van der Waals surface area contributed by atoms with Gasteiger partial charge in [0, 0.05) is 42.8 Å². The number of rotatable bonds is 1. The Hall–Kier alpha value is -1.32. The van der Waals surface area contributed by atoms with Crippen molar-refractivity contribution in [2.75, 3.05) is 19.7 Å². The third kappa shape index (κ3) is 1.84. The van der Waals surface area contributed by atoms with Crippen molar-refractivity contribution in [3.05, 3.63) is 35.0 Å². The van der Waals surface area contributed by atoms with Crippen molar-refractivity contribution in [3.8, 4) is 0 Å². The maximum absolute atomic E-state index is 5.88. The number of nitrogens with one attached hydrogen (secondary N) is 1. The molecule has 0 bridgehead atoms. The molecule has 0 aliphatic carbocycles. The summed E-state index contributed by atoms with van der Waals surface area (Å²) in [4.78, 5) is 0. The summed E-state index contributed by atoms with van der Waals surface area (Å²) in [5.41, 5.74) is 5.29. The zero-order valence-electron chi connectivity index (χ0n) is 11.3. The van der Waals surface area contributed by atoms with E-state index < -0.39 is 0 Å². The maximum Gasteiger partial charge on any atom is 0.0970 e. The summed E-state index contributed by atoms with van der Waals surface area (Å²) >= 11 is 0. The van der Waals surface area contributed by atoms with E-state index in [-0.39, 0.29) is 6.10 Å². The molecule has 3 nitrogen and oxygen atoms in total. The Morgan fingerprint density at radius 2 is 2.06 bits per heavy atom. The Morgan fingerprint density at radius 3 is 2.78 bits per heavy atom. The molecule has 1 aliphatic rings. The Balaban J connectivity index is 2.14. The van der Waals surface area contributed by atoms with Crippen LogP contribution in [0, 0.1) is 13.8 Å². The van der Waals surface area contributed by atoms with Crippen LogP contribution in [0.4, 0.5) is 0 Å². The monoisotopic (exact) mass is 244 g/mol. The largest absolute Gasteiger partial charge is 0.371 e. The molecule has 1 aromatic heterocycles. The number of fused-ring (bicyclic) bond motifs is 1. The van der Waals surface area contributed by atoms with Crippen molar-refractivity contribution in [3.63, 3.8) is 0 Å². The number of nitrogens with zero attached hydrogens (tertiary/aromatic N) is 1. The highest BCUT2D eigenvalue weighted by Crippen LogP contribution is 2.30. The molecule has 1 fully saturated rings. The smallest absolute Gasteiger partial charge is 0.0970 e. The SMILES string of the molecule is Cc1cc2c(C3CNCCO3)cn(C)c2cc1C. The van der Waals surface area contributed by atoms with E-state index in [1.165, 1.54) is 27.6 Å². The van der Waals surface area contributed by atoms with E-state index >= 15 is 0 Å². The molecule has 0 radical (unpaired) electrons. The molecule has 2 heterocycles. The van der Waals surface area contributed by atoms with E-state index in [1.807, 2.05) is 0 Å². The summed E-state index contributed by atoms with van der Waals surface area (Å²) in [6, 6.07) is 4.56. The van der Waals surface area contributed by atoms with Crippen molar-refractivity contribution in [1.29, 1.82) is 0 Å². The lowest BCUT2D eigenvalue weighted by Crippen LogP contribution is -2.33. The van der Waals surface area contributed by atoms with E-state index in [0.717, 1.165) is 19.7 Å². The zero-order valence-corrected chi connectivity index (χ0v) is 11.3.